The molecular weight excluding hydrogens is 482 g/mol. The molecule has 0 aliphatic rings. The number of amides is 1. The number of ether oxygens (including phenoxy) is 2. The summed E-state index contributed by atoms with van der Waals surface area (Å²) in [5.41, 5.74) is 0.560. The Bertz CT molecular complexity index is 1300. The predicted molar refractivity (Wildman–Crippen MR) is 127 cm³/mol. The standard InChI is InChI=1S/C22H18ClN5O5S/c1-3-20-26-27-22(34-20)25-21(29)15(11-24)8-13-4-7-18(19(9-13)32-2)33-12-14-5-6-16(23)10-17(14)28(30)31/h4-10H,3,12H2,1-2H3,(H,25,27,29)/b15-8+. The number of hydrogen-bond acceptors (Lipinski definition) is 9. The maximum absolute atomic E-state index is 12.5. The van der Waals surface area contributed by atoms with Crippen LogP contribution in [0.5, 0.6) is 11.5 Å². The van der Waals surface area contributed by atoms with Crippen molar-refractivity contribution in [2.24, 2.45) is 0 Å². The van der Waals surface area contributed by atoms with Crippen LogP contribution in [0, 0.1) is 21.4 Å². The molecule has 1 aromatic heterocycles. The van der Waals surface area contributed by atoms with Crippen LogP contribution in [0.1, 0.15) is 23.1 Å². The number of methoxy groups -OCH3 is 1. The fraction of sp³-hybridized carbons (Fsp3) is 0.182. The van der Waals surface area contributed by atoms with E-state index >= 15 is 0 Å². The highest BCUT2D eigenvalue weighted by atomic mass is 35.5. The number of halogens is 1. The van der Waals surface area contributed by atoms with Gasteiger partial charge in [-0.25, -0.2) is 0 Å². The first-order valence-corrected chi connectivity index (χ1v) is 11.0. The summed E-state index contributed by atoms with van der Waals surface area (Å²) in [6.07, 6.45) is 2.08. The molecule has 0 aliphatic carbocycles. The van der Waals surface area contributed by atoms with E-state index in [-0.39, 0.29) is 22.9 Å². The Balaban J connectivity index is 1.77. The third kappa shape index (κ3) is 6.06. The number of carbonyl (C=O) groups is 1. The average molecular weight is 500 g/mol. The minimum Gasteiger partial charge on any atom is -0.493 e. The van der Waals surface area contributed by atoms with E-state index in [1.165, 1.54) is 42.7 Å². The number of carbonyl (C=O) groups excluding carboxylic acids is 1. The molecule has 174 valence electrons. The van der Waals surface area contributed by atoms with E-state index in [9.17, 15) is 20.2 Å². The van der Waals surface area contributed by atoms with Crippen LogP contribution in [0.25, 0.3) is 6.08 Å². The summed E-state index contributed by atoms with van der Waals surface area (Å²) in [4.78, 5) is 23.2. The zero-order chi connectivity index (χ0) is 24.7. The van der Waals surface area contributed by atoms with Gasteiger partial charge in [-0.15, -0.1) is 10.2 Å². The number of rotatable bonds is 9. The fourth-order valence-corrected chi connectivity index (χ4v) is 3.65. The predicted octanol–water partition coefficient (Wildman–Crippen LogP) is 4.80. The lowest BCUT2D eigenvalue weighted by atomic mass is 10.1. The van der Waals surface area contributed by atoms with Crippen molar-refractivity contribution in [3.05, 3.63) is 73.2 Å². The van der Waals surface area contributed by atoms with Gasteiger partial charge < -0.3 is 9.47 Å². The van der Waals surface area contributed by atoms with Gasteiger partial charge in [0.1, 0.15) is 23.3 Å². The SMILES string of the molecule is CCc1nnc(NC(=O)/C(C#N)=C/c2ccc(OCc3ccc(Cl)cc3[N+](=O)[O-])c(OC)c2)s1. The molecule has 1 amide bonds. The number of nitro benzene ring substituents is 1. The van der Waals surface area contributed by atoms with Crippen LogP contribution in [-0.2, 0) is 17.8 Å². The first kappa shape index (κ1) is 24.6. The van der Waals surface area contributed by atoms with Crippen molar-refractivity contribution < 1.29 is 19.2 Å². The summed E-state index contributed by atoms with van der Waals surface area (Å²) in [7, 11) is 1.43. The highest BCUT2D eigenvalue weighted by Crippen LogP contribution is 2.31. The fourth-order valence-electron chi connectivity index (χ4n) is 2.80. The van der Waals surface area contributed by atoms with Gasteiger partial charge in [0.25, 0.3) is 11.6 Å². The topological polar surface area (TPSA) is 140 Å². The van der Waals surface area contributed by atoms with E-state index in [4.69, 9.17) is 21.1 Å². The van der Waals surface area contributed by atoms with Gasteiger partial charge in [-0.2, -0.15) is 5.26 Å². The number of aryl methyl sites for hydroxylation is 1. The van der Waals surface area contributed by atoms with Crippen LogP contribution in [0.15, 0.2) is 42.0 Å². The van der Waals surface area contributed by atoms with Gasteiger partial charge in [0.2, 0.25) is 5.13 Å². The maximum atomic E-state index is 12.5. The summed E-state index contributed by atoms with van der Waals surface area (Å²) >= 11 is 7.08. The number of nitrogens with one attached hydrogen (secondary N) is 1. The average Bonchev–Trinajstić information content (AvgIpc) is 3.29. The van der Waals surface area contributed by atoms with Crippen LogP contribution < -0.4 is 14.8 Å². The van der Waals surface area contributed by atoms with Gasteiger partial charge in [0, 0.05) is 11.1 Å². The van der Waals surface area contributed by atoms with Crippen molar-refractivity contribution >= 4 is 45.7 Å². The molecular formula is C22H18ClN5O5S. The van der Waals surface area contributed by atoms with E-state index in [0.29, 0.717) is 34.2 Å². The minimum absolute atomic E-state index is 0.0908. The largest absolute Gasteiger partial charge is 0.493 e. The van der Waals surface area contributed by atoms with Crippen molar-refractivity contribution in [2.45, 2.75) is 20.0 Å². The van der Waals surface area contributed by atoms with E-state index in [1.54, 1.807) is 18.2 Å². The molecule has 10 nitrogen and oxygen atoms in total. The Morgan fingerprint density at radius 3 is 2.74 bits per heavy atom. The lowest BCUT2D eigenvalue weighted by Gasteiger charge is -2.12. The first-order valence-electron chi connectivity index (χ1n) is 9.83. The monoisotopic (exact) mass is 499 g/mol. The smallest absolute Gasteiger partial charge is 0.277 e. The quantitative estimate of drug-likeness (QED) is 0.191. The number of benzene rings is 2. The second kappa shape index (κ2) is 11.2. The lowest BCUT2D eigenvalue weighted by molar-refractivity contribution is -0.385. The molecule has 0 bridgehead atoms. The first-order chi connectivity index (χ1) is 16.3. The van der Waals surface area contributed by atoms with Gasteiger partial charge in [-0.3, -0.25) is 20.2 Å². The highest BCUT2D eigenvalue weighted by Gasteiger charge is 2.17. The van der Waals surface area contributed by atoms with E-state index in [2.05, 4.69) is 15.5 Å². The number of anilines is 1. The lowest BCUT2D eigenvalue weighted by Crippen LogP contribution is -2.13. The van der Waals surface area contributed by atoms with Crippen LogP contribution >= 0.6 is 22.9 Å². The molecule has 0 fully saturated rings. The third-order valence-electron chi connectivity index (χ3n) is 4.48. The Morgan fingerprint density at radius 2 is 2.09 bits per heavy atom. The molecule has 2 aromatic carbocycles. The molecule has 0 saturated carbocycles. The van der Waals surface area contributed by atoms with Crippen LogP contribution in [0.2, 0.25) is 5.02 Å². The summed E-state index contributed by atoms with van der Waals surface area (Å²) in [6, 6.07) is 11.0. The van der Waals surface area contributed by atoms with Gasteiger partial charge >= 0.3 is 0 Å². The van der Waals surface area contributed by atoms with Gasteiger partial charge in [-0.1, -0.05) is 35.9 Å². The molecule has 0 unspecified atom stereocenters. The maximum Gasteiger partial charge on any atom is 0.277 e. The Hall–Kier alpha value is -4.01. The number of nitriles is 1. The molecule has 0 spiro atoms. The van der Waals surface area contributed by atoms with E-state index < -0.39 is 10.8 Å². The molecule has 1 N–H and O–H groups in total. The summed E-state index contributed by atoms with van der Waals surface area (Å²) in [5, 5.41) is 32.4. The molecule has 0 aliphatic heterocycles. The van der Waals surface area contributed by atoms with Crippen molar-refractivity contribution in [3.8, 4) is 17.6 Å². The van der Waals surface area contributed by atoms with Crippen molar-refractivity contribution in [1.29, 1.82) is 5.26 Å². The molecule has 0 radical (unpaired) electrons. The molecule has 3 aromatic rings. The van der Waals surface area contributed by atoms with Crippen molar-refractivity contribution in [2.75, 3.05) is 12.4 Å². The van der Waals surface area contributed by atoms with Gasteiger partial charge in [0.15, 0.2) is 11.5 Å². The number of nitrogens with zero attached hydrogens (tertiary/aromatic N) is 4. The van der Waals surface area contributed by atoms with Gasteiger partial charge in [0.05, 0.1) is 17.6 Å². The zero-order valence-corrected chi connectivity index (χ0v) is 19.6. The molecule has 0 atom stereocenters. The number of aromatic nitrogens is 2. The van der Waals surface area contributed by atoms with Crippen LogP contribution in [0.3, 0.4) is 0 Å². The van der Waals surface area contributed by atoms with Crippen molar-refractivity contribution in [3.63, 3.8) is 0 Å². The Labute approximate surface area is 203 Å². The van der Waals surface area contributed by atoms with Gasteiger partial charge in [-0.05, 0) is 42.3 Å². The van der Waals surface area contributed by atoms with E-state index in [0.717, 1.165) is 5.01 Å². The molecule has 1 heterocycles. The molecule has 12 heteroatoms. The second-order valence-electron chi connectivity index (χ2n) is 6.71. The van der Waals surface area contributed by atoms with E-state index in [1.807, 2.05) is 13.0 Å². The molecule has 34 heavy (non-hydrogen) atoms. The number of nitro groups is 1. The van der Waals surface area contributed by atoms with Crippen molar-refractivity contribution in [1.82, 2.24) is 10.2 Å². The summed E-state index contributed by atoms with van der Waals surface area (Å²) < 4.78 is 11.1. The Morgan fingerprint density at radius 1 is 1.29 bits per heavy atom. The summed E-state index contributed by atoms with van der Waals surface area (Å²) in [5.74, 6) is 0.0308. The third-order valence-corrected chi connectivity index (χ3v) is 5.70. The zero-order valence-electron chi connectivity index (χ0n) is 18.1. The normalized spacial score (nSPS) is 10.9. The van der Waals surface area contributed by atoms with Crippen LogP contribution in [-0.4, -0.2) is 28.1 Å². The second-order valence-corrected chi connectivity index (χ2v) is 8.21. The minimum atomic E-state index is -0.615. The summed E-state index contributed by atoms with van der Waals surface area (Å²) in [6.45, 7) is 1.83. The van der Waals surface area contributed by atoms with Crippen LogP contribution in [0.4, 0.5) is 10.8 Å². The highest BCUT2D eigenvalue weighted by molar-refractivity contribution is 7.15. The number of hydrogen-bond donors (Lipinski definition) is 1. The Kier molecular flexibility index (Phi) is 8.13. The molecule has 3 rings (SSSR count). The molecule has 0 saturated heterocycles.